The fourth-order valence-corrected chi connectivity index (χ4v) is 5.42. The SMILES string of the molecule is O=C(O)c1cc2c(s1)C1(CCN(C(=O)c3ccsc3)CC1)OCC2. The molecule has 0 atom stereocenters. The van der Waals surface area contributed by atoms with Gasteiger partial charge in [0.05, 0.1) is 12.2 Å². The zero-order valence-electron chi connectivity index (χ0n) is 13.0. The van der Waals surface area contributed by atoms with Gasteiger partial charge in [-0.05, 0) is 42.3 Å². The van der Waals surface area contributed by atoms with Crippen LogP contribution in [0, 0.1) is 0 Å². The Balaban J connectivity index is 1.55. The van der Waals surface area contributed by atoms with Crippen molar-refractivity contribution < 1.29 is 19.4 Å². The molecule has 4 heterocycles. The van der Waals surface area contributed by atoms with Gasteiger partial charge in [-0.2, -0.15) is 11.3 Å². The summed E-state index contributed by atoms with van der Waals surface area (Å²) in [5.74, 6) is -0.811. The third-order valence-electron chi connectivity index (χ3n) is 4.81. The Kier molecular flexibility index (Phi) is 3.94. The van der Waals surface area contributed by atoms with Gasteiger partial charge in [-0.3, -0.25) is 4.79 Å². The standard InChI is InChI=1S/C17H17NO4S2/c19-15(12-2-8-23-10-12)18-5-3-17(4-6-18)14-11(1-7-22-17)9-13(24-14)16(20)21/h2,8-10H,1,3-7H2,(H,20,21). The number of ether oxygens (including phenoxy) is 1. The molecule has 24 heavy (non-hydrogen) atoms. The van der Waals surface area contributed by atoms with Crippen LogP contribution in [0.1, 0.15) is 43.3 Å². The van der Waals surface area contributed by atoms with Crippen LogP contribution in [0.3, 0.4) is 0 Å². The Labute approximate surface area is 147 Å². The summed E-state index contributed by atoms with van der Waals surface area (Å²) in [6, 6.07) is 3.64. The fourth-order valence-electron chi connectivity index (χ4n) is 3.54. The van der Waals surface area contributed by atoms with Gasteiger partial charge < -0.3 is 14.7 Å². The number of thiophene rings is 2. The van der Waals surface area contributed by atoms with Crippen molar-refractivity contribution >= 4 is 34.6 Å². The first-order valence-corrected chi connectivity index (χ1v) is 9.67. The maximum Gasteiger partial charge on any atom is 0.345 e. The van der Waals surface area contributed by atoms with Crippen molar-refractivity contribution in [3.63, 3.8) is 0 Å². The Hall–Kier alpha value is -1.70. The van der Waals surface area contributed by atoms with Crippen LogP contribution in [-0.2, 0) is 16.8 Å². The van der Waals surface area contributed by atoms with Crippen LogP contribution in [0.5, 0.6) is 0 Å². The van der Waals surface area contributed by atoms with Crippen LogP contribution in [0.15, 0.2) is 22.9 Å². The van der Waals surface area contributed by atoms with E-state index < -0.39 is 11.6 Å². The van der Waals surface area contributed by atoms with Gasteiger partial charge >= 0.3 is 5.97 Å². The summed E-state index contributed by atoms with van der Waals surface area (Å²) in [7, 11) is 0. The molecule has 0 aliphatic carbocycles. The van der Waals surface area contributed by atoms with E-state index in [1.807, 2.05) is 21.7 Å². The van der Waals surface area contributed by atoms with Gasteiger partial charge in [0.2, 0.25) is 0 Å². The second kappa shape index (κ2) is 5.98. The number of carboxylic acid groups (broad SMARTS) is 1. The number of rotatable bonds is 2. The van der Waals surface area contributed by atoms with E-state index in [1.165, 1.54) is 22.7 Å². The lowest BCUT2D eigenvalue weighted by Gasteiger charge is -2.43. The molecule has 1 amide bonds. The highest BCUT2D eigenvalue weighted by Gasteiger charge is 2.43. The summed E-state index contributed by atoms with van der Waals surface area (Å²) in [4.78, 5) is 27.1. The maximum atomic E-state index is 12.5. The number of aromatic carboxylic acids is 1. The molecule has 0 saturated carbocycles. The van der Waals surface area contributed by atoms with Crippen molar-refractivity contribution in [1.29, 1.82) is 0 Å². The smallest absolute Gasteiger partial charge is 0.345 e. The number of likely N-dealkylation sites (tertiary alicyclic amines) is 1. The molecular weight excluding hydrogens is 346 g/mol. The maximum absolute atomic E-state index is 12.5. The summed E-state index contributed by atoms with van der Waals surface area (Å²) < 4.78 is 6.13. The van der Waals surface area contributed by atoms with Gasteiger partial charge in [0.1, 0.15) is 10.5 Å². The van der Waals surface area contributed by atoms with Gasteiger partial charge in [-0.15, -0.1) is 11.3 Å². The lowest BCUT2D eigenvalue weighted by molar-refractivity contribution is -0.0906. The van der Waals surface area contributed by atoms with Gasteiger partial charge in [0.25, 0.3) is 5.91 Å². The molecule has 7 heteroatoms. The van der Waals surface area contributed by atoms with Crippen molar-refractivity contribution in [1.82, 2.24) is 4.90 Å². The lowest BCUT2D eigenvalue weighted by atomic mass is 9.85. The van der Waals surface area contributed by atoms with Crippen molar-refractivity contribution in [3.8, 4) is 0 Å². The second-order valence-corrected chi connectivity index (χ2v) is 8.00. The minimum Gasteiger partial charge on any atom is -0.477 e. The van der Waals surface area contributed by atoms with Crippen LogP contribution in [0.2, 0.25) is 0 Å². The van der Waals surface area contributed by atoms with E-state index in [2.05, 4.69) is 0 Å². The van der Waals surface area contributed by atoms with E-state index >= 15 is 0 Å². The van der Waals surface area contributed by atoms with E-state index in [0.29, 0.717) is 24.6 Å². The van der Waals surface area contributed by atoms with Crippen molar-refractivity contribution in [2.75, 3.05) is 19.7 Å². The van der Waals surface area contributed by atoms with Crippen molar-refractivity contribution in [2.45, 2.75) is 24.9 Å². The first kappa shape index (κ1) is 15.8. The minimum atomic E-state index is -0.880. The zero-order chi connectivity index (χ0) is 16.7. The van der Waals surface area contributed by atoms with Gasteiger partial charge in [0.15, 0.2) is 0 Å². The van der Waals surface area contributed by atoms with E-state index in [0.717, 1.165) is 35.3 Å². The highest BCUT2D eigenvalue weighted by molar-refractivity contribution is 7.14. The summed E-state index contributed by atoms with van der Waals surface area (Å²) in [5.41, 5.74) is 1.42. The van der Waals surface area contributed by atoms with Crippen LogP contribution in [-0.4, -0.2) is 41.6 Å². The third kappa shape index (κ3) is 2.56. The monoisotopic (exact) mass is 363 g/mol. The zero-order valence-corrected chi connectivity index (χ0v) is 14.6. The predicted molar refractivity (Wildman–Crippen MR) is 92.1 cm³/mol. The molecule has 0 radical (unpaired) electrons. The molecular formula is C17H17NO4S2. The summed E-state index contributed by atoms with van der Waals surface area (Å²) in [6.07, 6.45) is 2.20. The van der Waals surface area contributed by atoms with Crippen molar-refractivity contribution in [3.05, 3.63) is 43.8 Å². The molecule has 4 rings (SSSR count). The topological polar surface area (TPSA) is 66.8 Å². The van der Waals surface area contributed by atoms with E-state index in [-0.39, 0.29) is 5.91 Å². The Morgan fingerprint density at radius 1 is 1.29 bits per heavy atom. The highest BCUT2D eigenvalue weighted by Crippen LogP contribution is 2.45. The predicted octanol–water partition coefficient (Wildman–Crippen LogP) is 3.21. The molecule has 1 N–H and O–H groups in total. The first-order chi connectivity index (χ1) is 11.6. The molecule has 0 bridgehead atoms. The molecule has 1 spiro atoms. The molecule has 0 unspecified atom stereocenters. The summed E-state index contributed by atoms with van der Waals surface area (Å²) >= 11 is 2.85. The Morgan fingerprint density at radius 2 is 2.08 bits per heavy atom. The van der Waals surface area contributed by atoms with Crippen LogP contribution >= 0.6 is 22.7 Å². The number of hydrogen-bond acceptors (Lipinski definition) is 5. The van der Waals surface area contributed by atoms with E-state index in [1.54, 1.807) is 6.07 Å². The second-order valence-electron chi connectivity index (χ2n) is 6.17. The number of fused-ring (bicyclic) bond motifs is 2. The van der Waals surface area contributed by atoms with Gasteiger partial charge in [-0.25, -0.2) is 4.79 Å². The molecule has 5 nitrogen and oxygen atoms in total. The van der Waals surface area contributed by atoms with Gasteiger partial charge in [0, 0.05) is 23.3 Å². The molecule has 2 aliphatic heterocycles. The molecule has 0 aromatic carbocycles. The molecule has 1 saturated heterocycles. The first-order valence-electron chi connectivity index (χ1n) is 7.91. The molecule has 2 aromatic rings. The quantitative estimate of drug-likeness (QED) is 0.890. The number of carbonyl (C=O) groups is 2. The Morgan fingerprint density at radius 3 is 2.75 bits per heavy atom. The van der Waals surface area contributed by atoms with E-state index in [4.69, 9.17) is 4.74 Å². The lowest BCUT2D eigenvalue weighted by Crippen LogP contribution is -2.47. The number of carboxylic acids is 1. The molecule has 2 aromatic heterocycles. The van der Waals surface area contributed by atoms with Crippen LogP contribution in [0.4, 0.5) is 0 Å². The van der Waals surface area contributed by atoms with E-state index in [9.17, 15) is 14.7 Å². The average molecular weight is 363 g/mol. The highest BCUT2D eigenvalue weighted by atomic mass is 32.1. The largest absolute Gasteiger partial charge is 0.477 e. The number of hydrogen-bond donors (Lipinski definition) is 1. The normalized spacial score (nSPS) is 19.2. The molecule has 1 fully saturated rings. The van der Waals surface area contributed by atoms with Crippen molar-refractivity contribution in [2.24, 2.45) is 0 Å². The van der Waals surface area contributed by atoms with Crippen LogP contribution < -0.4 is 0 Å². The van der Waals surface area contributed by atoms with Crippen LogP contribution in [0.25, 0.3) is 0 Å². The average Bonchev–Trinajstić information content (AvgIpc) is 3.25. The number of nitrogens with zero attached hydrogens (tertiary/aromatic N) is 1. The Bertz CT molecular complexity index is 773. The fraction of sp³-hybridized carbons (Fsp3) is 0.412. The molecule has 126 valence electrons. The summed E-state index contributed by atoms with van der Waals surface area (Å²) in [6.45, 7) is 1.88. The van der Waals surface area contributed by atoms with Gasteiger partial charge in [-0.1, -0.05) is 0 Å². The number of carbonyl (C=O) groups excluding carboxylic acids is 1. The molecule has 2 aliphatic rings. The number of piperidine rings is 1. The summed E-state index contributed by atoms with van der Waals surface area (Å²) in [5, 5.41) is 13.0. The third-order valence-corrected chi connectivity index (χ3v) is 6.84. The number of amides is 1. The minimum absolute atomic E-state index is 0.0690.